The summed E-state index contributed by atoms with van der Waals surface area (Å²) in [6.45, 7) is 10.2. The van der Waals surface area contributed by atoms with Gasteiger partial charge in [-0.25, -0.2) is 4.98 Å². The van der Waals surface area contributed by atoms with Gasteiger partial charge in [0.15, 0.2) is 0 Å². The Labute approximate surface area is 133 Å². The van der Waals surface area contributed by atoms with Gasteiger partial charge in [-0.15, -0.1) is 11.3 Å². The first-order chi connectivity index (χ1) is 10.1. The maximum absolute atomic E-state index is 4.70. The van der Waals surface area contributed by atoms with Crippen LogP contribution in [0.1, 0.15) is 56.7 Å². The molecule has 1 aromatic heterocycles. The van der Waals surface area contributed by atoms with Crippen molar-refractivity contribution in [3.63, 3.8) is 0 Å². The minimum absolute atomic E-state index is 0.398. The lowest BCUT2D eigenvalue weighted by Crippen LogP contribution is -2.64. The zero-order valence-corrected chi connectivity index (χ0v) is 14.5. The van der Waals surface area contributed by atoms with E-state index in [9.17, 15) is 0 Å². The Hall–Kier alpha value is -0.450. The lowest BCUT2D eigenvalue weighted by Gasteiger charge is -2.48. The molecule has 1 aliphatic heterocycles. The predicted molar refractivity (Wildman–Crippen MR) is 89.7 cm³/mol. The largest absolute Gasteiger partial charge is 0.308 e. The summed E-state index contributed by atoms with van der Waals surface area (Å²) >= 11 is 1.78. The van der Waals surface area contributed by atoms with E-state index in [1.165, 1.54) is 49.4 Å². The normalized spacial score (nSPS) is 27.3. The molecule has 2 aliphatic rings. The van der Waals surface area contributed by atoms with E-state index in [2.05, 4.69) is 36.4 Å². The number of aromatic nitrogens is 1. The summed E-state index contributed by atoms with van der Waals surface area (Å²) in [7, 11) is 0. The van der Waals surface area contributed by atoms with Gasteiger partial charge in [0, 0.05) is 36.6 Å². The fourth-order valence-electron chi connectivity index (χ4n) is 4.09. The zero-order valence-electron chi connectivity index (χ0n) is 13.7. The Morgan fingerprint density at radius 2 is 2.24 bits per heavy atom. The summed E-state index contributed by atoms with van der Waals surface area (Å²) in [6.07, 6.45) is 6.75. The maximum atomic E-state index is 4.70. The van der Waals surface area contributed by atoms with Crippen LogP contribution in [0.3, 0.4) is 0 Å². The summed E-state index contributed by atoms with van der Waals surface area (Å²) in [5.74, 6) is 0.746. The molecule has 3 rings (SSSR count). The molecular weight excluding hydrogens is 278 g/mol. The average molecular weight is 308 g/mol. The topological polar surface area (TPSA) is 28.2 Å². The monoisotopic (exact) mass is 307 g/mol. The van der Waals surface area contributed by atoms with E-state index in [-0.39, 0.29) is 0 Å². The summed E-state index contributed by atoms with van der Waals surface area (Å²) in [6, 6.07) is 0.656. The van der Waals surface area contributed by atoms with Gasteiger partial charge in [-0.3, -0.25) is 4.90 Å². The minimum Gasteiger partial charge on any atom is -0.308 e. The molecule has 118 valence electrons. The molecule has 2 unspecified atom stereocenters. The fourth-order valence-corrected chi connectivity index (χ4v) is 4.70. The van der Waals surface area contributed by atoms with Crippen molar-refractivity contribution in [1.82, 2.24) is 15.2 Å². The second kappa shape index (κ2) is 6.35. The first-order valence-corrected chi connectivity index (χ1v) is 9.40. The predicted octanol–water partition coefficient (Wildman–Crippen LogP) is 3.58. The van der Waals surface area contributed by atoms with Crippen LogP contribution in [0.15, 0.2) is 5.38 Å². The van der Waals surface area contributed by atoms with Gasteiger partial charge in [0.1, 0.15) is 0 Å². The highest BCUT2D eigenvalue weighted by molar-refractivity contribution is 7.09. The molecule has 4 heteroatoms. The van der Waals surface area contributed by atoms with Crippen molar-refractivity contribution in [3.8, 4) is 0 Å². The Bertz CT molecular complexity index is 464. The van der Waals surface area contributed by atoms with Crippen LogP contribution in [0, 0.1) is 12.8 Å². The SMILES string of the molecule is CCC(C)C1CNC2(CCCC2)CN1Cc1csc(C)n1. The van der Waals surface area contributed by atoms with Crippen molar-refractivity contribution in [1.29, 1.82) is 0 Å². The summed E-state index contributed by atoms with van der Waals surface area (Å²) < 4.78 is 0. The first-order valence-electron chi connectivity index (χ1n) is 8.52. The van der Waals surface area contributed by atoms with Crippen LogP contribution in [-0.4, -0.2) is 34.6 Å². The molecule has 1 aliphatic carbocycles. The van der Waals surface area contributed by atoms with E-state index in [0.717, 1.165) is 19.0 Å². The third-order valence-corrected chi connectivity index (χ3v) is 6.38. The van der Waals surface area contributed by atoms with Gasteiger partial charge in [0.05, 0.1) is 10.7 Å². The summed E-state index contributed by atoms with van der Waals surface area (Å²) in [5.41, 5.74) is 1.66. The van der Waals surface area contributed by atoms with E-state index in [4.69, 9.17) is 4.98 Å². The molecule has 1 aromatic rings. The van der Waals surface area contributed by atoms with Crippen LogP contribution in [-0.2, 0) is 6.54 Å². The highest BCUT2D eigenvalue weighted by atomic mass is 32.1. The second-order valence-corrected chi connectivity index (χ2v) is 8.15. The highest BCUT2D eigenvalue weighted by Gasteiger charge is 2.42. The number of nitrogens with zero attached hydrogens (tertiary/aromatic N) is 2. The number of aryl methyl sites for hydroxylation is 1. The Morgan fingerprint density at radius 1 is 1.48 bits per heavy atom. The van der Waals surface area contributed by atoms with E-state index in [0.29, 0.717) is 11.6 Å². The second-order valence-electron chi connectivity index (χ2n) is 7.08. The van der Waals surface area contributed by atoms with Gasteiger partial charge < -0.3 is 5.32 Å². The third kappa shape index (κ3) is 3.33. The molecular formula is C17H29N3S. The van der Waals surface area contributed by atoms with E-state index in [1.54, 1.807) is 11.3 Å². The molecule has 2 fully saturated rings. The smallest absolute Gasteiger partial charge is 0.0897 e. The molecule has 2 heterocycles. The average Bonchev–Trinajstić information content (AvgIpc) is 3.08. The Kier molecular flexibility index (Phi) is 4.67. The number of hydrogen-bond donors (Lipinski definition) is 1. The molecule has 3 nitrogen and oxygen atoms in total. The number of thiazole rings is 1. The van der Waals surface area contributed by atoms with Crippen LogP contribution in [0.4, 0.5) is 0 Å². The van der Waals surface area contributed by atoms with E-state index >= 15 is 0 Å². The van der Waals surface area contributed by atoms with Crippen molar-refractivity contribution in [2.45, 2.75) is 71.0 Å². The van der Waals surface area contributed by atoms with Gasteiger partial charge in [0.25, 0.3) is 0 Å². The van der Waals surface area contributed by atoms with Gasteiger partial charge in [-0.1, -0.05) is 33.1 Å². The van der Waals surface area contributed by atoms with Crippen molar-refractivity contribution < 1.29 is 0 Å². The molecule has 0 aromatic carbocycles. The Balaban J connectivity index is 1.75. The van der Waals surface area contributed by atoms with Gasteiger partial charge >= 0.3 is 0 Å². The lowest BCUT2D eigenvalue weighted by atomic mass is 9.87. The molecule has 0 bridgehead atoms. The van der Waals surface area contributed by atoms with E-state index < -0.39 is 0 Å². The molecule has 0 amide bonds. The van der Waals surface area contributed by atoms with Crippen molar-refractivity contribution in [2.24, 2.45) is 5.92 Å². The number of hydrogen-bond acceptors (Lipinski definition) is 4. The summed E-state index contributed by atoms with van der Waals surface area (Å²) in [4.78, 5) is 7.42. The molecule has 1 saturated heterocycles. The zero-order chi connectivity index (χ0) is 14.9. The van der Waals surface area contributed by atoms with Crippen LogP contribution in [0.2, 0.25) is 0 Å². The highest BCUT2D eigenvalue weighted by Crippen LogP contribution is 2.35. The van der Waals surface area contributed by atoms with Crippen molar-refractivity contribution in [3.05, 3.63) is 16.1 Å². The van der Waals surface area contributed by atoms with Gasteiger partial charge in [-0.05, 0) is 25.7 Å². The number of rotatable bonds is 4. The standard InChI is InChI=1S/C17H29N3S/c1-4-13(2)16-9-18-17(7-5-6-8-17)12-20(16)10-15-11-21-14(3)19-15/h11,13,16,18H,4-10,12H2,1-3H3. The van der Waals surface area contributed by atoms with Crippen molar-refractivity contribution in [2.75, 3.05) is 13.1 Å². The van der Waals surface area contributed by atoms with E-state index in [1.807, 2.05) is 0 Å². The Morgan fingerprint density at radius 3 is 2.86 bits per heavy atom. The van der Waals surface area contributed by atoms with Crippen LogP contribution in [0.25, 0.3) is 0 Å². The molecule has 1 spiro atoms. The number of piperazine rings is 1. The minimum atomic E-state index is 0.398. The molecule has 2 atom stereocenters. The van der Waals surface area contributed by atoms with Crippen molar-refractivity contribution >= 4 is 11.3 Å². The fraction of sp³-hybridized carbons (Fsp3) is 0.824. The summed E-state index contributed by atoms with van der Waals surface area (Å²) in [5, 5.41) is 7.35. The molecule has 0 radical (unpaired) electrons. The molecule has 1 N–H and O–H groups in total. The van der Waals surface area contributed by atoms with Crippen LogP contribution < -0.4 is 5.32 Å². The molecule has 21 heavy (non-hydrogen) atoms. The molecule has 1 saturated carbocycles. The maximum Gasteiger partial charge on any atom is 0.0897 e. The first kappa shape index (κ1) is 15.4. The third-order valence-electron chi connectivity index (χ3n) is 5.55. The number of nitrogens with one attached hydrogen (secondary N) is 1. The van der Waals surface area contributed by atoms with Crippen LogP contribution >= 0.6 is 11.3 Å². The van der Waals surface area contributed by atoms with Gasteiger partial charge in [0.2, 0.25) is 0 Å². The quantitative estimate of drug-likeness (QED) is 0.921. The van der Waals surface area contributed by atoms with Crippen LogP contribution in [0.5, 0.6) is 0 Å². The lowest BCUT2D eigenvalue weighted by molar-refractivity contribution is 0.0448. The van der Waals surface area contributed by atoms with Gasteiger partial charge in [-0.2, -0.15) is 0 Å².